The number of unbranched alkanes of at least 4 members (excludes halogenated alkanes) is 2. The van der Waals surface area contributed by atoms with Gasteiger partial charge in [0.05, 0.1) is 6.61 Å². The SMILES string of the molecule is CCCCCC(CCc1ccc2c(c1)CCO2)NCC. The summed E-state index contributed by atoms with van der Waals surface area (Å²) in [6, 6.07) is 7.41. The Bertz CT molecular complexity index is 402. The minimum absolute atomic E-state index is 0.677. The molecule has 2 heteroatoms. The lowest BCUT2D eigenvalue weighted by Gasteiger charge is -2.18. The van der Waals surface area contributed by atoms with Gasteiger partial charge in [0.25, 0.3) is 0 Å². The zero-order chi connectivity index (χ0) is 14.2. The summed E-state index contributed by atoms with van der Waals surface area (Å²) in [7, 11) is 0. The second-order valence-electron chi connectivity index (χ2n) is 5.83. The number of ether oxygens (including phenoxy) is 1. The van der Waals surface area contributed by atoms with E-state index in [-0.39, 0.29) is 0 Å². The predicted molar refractivity (Wildman–Crippen MR) is 85.6 cm³/mol. The van der Waals surface area contributed by atoms with E-state index >= 15 is 0 Å². The Labute approximate surface area is 123 Å². The fourth-order valence-corrected chi connectivity index (χ4v) is 3.01. The van der Waals surface area contributed by atoms with Gasteiger partial charge in [-0.15, -0.1) is 0 Å². The summed E-state index contributed by atoms with van der Waals surface area (Å²) in [5, 5.41) is 3.64. The van der Waals surface area contributed by atoms with E-state index in [9.17, 15) is 0 Å². The largest absolute Gasteiger partial charge is 0.493 e. The number of aryl methyl sites for hydroxylation is 1. The van der Waals surface area contributed by atoms with Crippen LogP contribution in [0.4, 0.5) is 0 Å². The fraction of sp³-hybridized carbons (Fsp3) is 0.667. The van der Waals surface area contributed by atoms with E-state index < -0.39 is 0 Å². The highest BCUT2D eigenvalue weighted by molar-refractivity contribution is 5.39. The summed E-state index contributed by atoms with van der Waals surface area (Å²) in [5.74, 6) is 1.10. The summed E-state index contributed by atoms with van der Waals surface area (Å²) < 4.78 is 5.57. The molecule has 0 saturated carbocycles. The Hall–Kier alpha value is -1.02. The number of fused-ring (bicyclic) bond motifs is 1. The molecule has 0 aliphatic carbocycles. The third-order valence-electron chi connectivity index (χ3n) is 4.18. The van der Waals surface area contributed by atoms with Crippen LogP contribution in [0.25, 0.3) is 0 Å². The van der Waals surface area contributed by atoms with Crippen LogP contribution >= 0.6 is 0 Å². The van der Waals surface area contributed by atoms with Crippen LogP contribution in [-0.2, 0) is 12.8 Å². The maximum Gasteiger partial charge on any atom is 0.122 e. The zero-order valence-corrected chi connectivity index (χ0v) is 13.1. The van der Waals surface area contributed by atoms with Gasteiger partial charge in [-0.05, 0) is 43.0 Å². The van der Waals surface area contributed by atoms with Crippen molar-refractivity contribution < 1.29 is 4.74 Å². The van der Waals surface area contributed by atoms with Gasteiger partial charge in [0.2, 0.25) is 0 Å². The number of rotatable bonds is 9. The Morgan fingerprint density at radius 3 is 2.90 bits per heavy atom. The van der Waals surface area contributed by atoms with E-state index in [1.54, 1.807) is 0 Å². The molecule has 1 unspecified atom stereocenters. The molecule has 0 amide bonds. The molecule has 0 aromatic heterocycles. The molecule has 1 aromatic carbocycles. The van der Waals surface area contributed by atoms with Gasteiger partial charge in [-0.3, -0.25) is 0 Å². The van der Waals surface area contributed by atoms with Crippen LogP contribution in [0.15, 0.2) is 18.2 Å². The van der Waals surface area contributed by atoms with Gasteiger partial charge >= 0.3 is 0 Å². The molecule has 1 N–H and O–H groups in total. The van der Waals surface area contributed by atoms with Gasteiger partial charge in [-0.25, -0.2) is 0 Å². The summed E-state index contributed by atoms with van der Waals surface area (Å²) in [4.78, 5) is 0. The summed E-state index contributed by atoms with van der Waals surface area (Å²) in [5.41, 5.74) is 2.86. The summed E-state index contributed by atoms with van der Waals surface area (Å²) >= 11 is 0. The average Bonchev–Trinajstić information content (AvgIpc) is 2.92. The van der Waals surface area contributed by atoms with Gasteiger partial charge in [0.15, 0.2) is 0 Å². The lowest BCUT2D eigenvalue weighted by atomic mass is 9.99. The first-order valence-electron chi connectivity index (χ1n) is 8.31. The molecular formula is C18H29NO. The Morgan fingerprint density at radius 2 is 2.10 bits per heavy atom. The van der Waals surface area contributed by atoms with E-state index in [1.807, 2.05) is 0 Å². The Kier molecular flexibility index (Phi) is 6.38. The van der Waals surface area contributed by atoms with Crippen molar-refractivity contribution in [3.05, 3.63) is 29.3 Å². The first-order valence-corrected chi connectivity index (χ1v) is 8.31. The van der Waals surface area contributed by atoms with Crippen molar-refractivity contribution in [3.8, 4) is 5.75 Å². The highest BCUT2D eigenvalue weighted by Crippen LogP contribution is 2.26. The Balaban J connectivity index is 1.81. The van der Waals surface area contributed by atoms with E-state index in [4.69, 9.17) is 4.74 Å². The number of nitrogens with one attached hydrogen (secondary N) is 1. The molecule has 0 saturated heterocycles. The first kappa shape index (κ1) is 15.4. The smallest absolute Gasteiger partial charge is 0.122 e. The molecule has 1 aliphatic heterocycles. The molecule has 1 heterocycles. The van der Waals surface area contributed by atoms with Crippen LogP contribution in [0.2, 0.25) is 0 Å². The molecule has 0 fully saturated rings. The highest BCUT2D eigenvalue weighted by atomic mass is 16.5. The van der Waals surface area contributed by atoms with Crippen LogP contribution in [0.1, 0.15) is 57.1 Å². The van der Waals surface area contributed by atoms with Gasteiger partial charge < -0.3 is 10.1 Å². The van der Waals surface area contributed by atoms with Crippen LogP contribution < -0.4 is 10.1 Å². The van der Waals surface area contributed by atoms with E-state index in [1.165, 1.54) is 49.7 Å². The number of hydrogen-bond donors (Lipinski definition) is 1. The van der Waals surface area contributed by atoms with Crippen molar-refractivity contribution in [1.29, 1.82) is 0 Å². The molecule has 2 rings (SSSR count). The van der Waals surface area contributed by atoms with Crippen molar-refractivity contribution in [2.45, 2.75) is 64.8 Å². The van der Waals surface area contributed by atoms with Crippen molar-refractivity contribution in [3.63, 3.8) is 0 Å². The molecule has 112 valence electrons. The minimum atomic E-state index is 0.677. The predicted octanol–water partition coefficient (Wildman–Crippen LogP) is 4.11. The third kappa shape index (κ3) is 4.52. The third-order valence-corrected chi connectivity index (χ3v) is 4.18. The van der Waals surface area contributed by atoms with E-state index in [0.29, 0.717) is 6.04 Å². The summed E-state index contributed by atoms with van der Waals surface area (Å²) in [6.07, 6.45) is 8.84. The molecule has 1 atom stereocenters. The molecule has 1 aromatic rings. The van der Waals surface area contributed by atoms with Gasteiger partial charge in [0, 0.05) is 12.5 Å². The first-order chi connectivity index (χ1) is 9.83. The number of benzene rings is 1. The second kappa shape index (κ2) is 8.31. The standard InChI is InChI=1S/C18H29NO/c1-3-5-6-7-17(19-4-2)10-8-15-9-11-18-16(14-15)12-13-20-18/h9,11,14,17,19H,3-8,10,12-13H2,1-2H3. The fourth-order valence-electron chi connectivity index (χ4n) is 3.01. The maximum absolute atomic E-state index is 5.57. The molecule has 1 aliphatic rings. The van der Waals surface area contributed by atoms with Gasteiger partial charge in [0.1, 0.15) is 5.75 Å². The minimum Gasteiger partial charge on any atom is -0.493 e. The highest BCUT2D eigenvalue weighted by Gasteiger charge is 2.13. The Morgan fingerprint density at radius 1 is 1.20 bits per heavy atom. The molecule has 0 spiro atoms. The summed E-state index contributed by atoms with van der Waals surface area (Å²) in [6.45, 7) is 6.42. The van der Waals surface area contributed by atoms with Crippen LogP contribution in [0, 0.1) is 0 Å². The van der Waals surface area contributed by atoms with E-state index in [2.05, 4.69) is 37.4 Å². The average molecular weight is 275 g/mol. The monoisotopic (exact) mass is 275 g/mol. The maximum atomic E-state index is 5.57. The zero-order valence-electron chi connectivity index (χ0n) is 13.1. The quantitative estimate of drug-likeness (QED) is 0.685. The normalized spacial score (nSPS) is 14.9. The molecule has 2 nitrogen and oxygen atoms in total. The van der Waals surface area contributed by atoms with Crippen LogP contribution in [-0.4, -0.2) is 19.2 Å². The molecule has 0 radical (unpaired) electrons. The van der Waals surface area contributed by atoms with Crippen LogP contribution in [0.5, 0.6) is 5.75 Å². The van der Waals surface area contributed by atoms with Crippen molar-refractivity contribution in [1.82, 2.24) is 5.32 Å². The van der Waals surface area contributed by atoms with Crippen molar-refractivity contribution in [2.75, 3.05) is 13.2 Å². The number of hydrogen-bond acceptors (Lipinski definition) is 2. The molecule has 0 bridgehead atoms. The lowest BCUT2D eigenvalue weighted by molar-refractivity contribution is 0.357. The van der Waals surface area contributed by atoms with Gasteiger partial charge in [-0.2, -0.15) is 0 Å². The molecular weight excluding hydrogens is 246 g/mol. The van der Waals surface area contributed by atoms with Gasteiger partial charge in [-0.1, -0.05) is 45.2 Å². The van der Waals surface area contributed by atoms with E-state index in [0.717, 1.165) is 25.3 Å². The molecule has 20 heavy (non-hydrogen) atoms. The van der Waals surface area contributed by atoms with Crippen molar-refractivity contribution in [2.24, 2.45) is 0 Å². The second-order valence-corrected chi connectivity index (χ2v) is 5.83. The topological polar surface area (TPSA) is 21.3 Å². The van der Waals surface area contributed by atoms with Crippen LogP contribution in [0.3, 0.4) is 0 Å². The van der Waals surface area contributed by atoms with Crippen molar-refractivity contribution >= 4 is 0 Å². The lowest BCUT2D eigenvalue weighted by Crippen LogP contribution is -2.29.